The highest BCUT2D eigenvalue weighted by Gasteiger charge is 2.07. The summed E-state index contributed by atoms with van der Waals surface area (Å²) in [6.07, 6.45) is 0.298. The number of amides is 1. The average Bonchev–Trinajstić information content (AvgIpc) is 2.50. The van der Waals surface area contributed by atoms with Gasteiger partial charge in [-0.05, 0) is 49.5 Å². The molecule has 0 heterocycles. The number of carbonyl (C=O) groups excluding carboxylic acids is 1. The highest BCUT2D eigenvalue weighted by molar-refractivity contribution is 5.78. The molecule has 0 unspecified atom stereocenters. The fraction of sp³-hybridized carbons (Fsp3) is 0.278. The molecular weight excluding hydrogens is 293 g/mol. The summed E-state index contributed by atoms with van der Waals surface area (Å²) in [4.78, 5) is 13.9. The van der Waals surface area contributed by atoms with E-state index in [4.69, 9.17) is 5.73 Å². The number of nitrogens with zero attached hydrogens (tertiary/aromatic N) is 1. The molecule has 2 aromatic rings. The molecule has 1 amide bonds. The maximum absolute atomic E-state index is 13.7. The van der Waals surface area contributed by atoms with Crippen LogP contribution in [0.5, 0.6) is 0 Å². The molecule has 0 aliphatic carbocycles. The second kappa shape index (κ2) is 7.74. The van der Waals surface area contributed by atoms with Crippen molar-refractivity contribution >= 4 is 11.6 Å². The average molecular weight is 315 g/mol. The van der Waals surface area contributed by atoms with E-state index < -0.39 is 0 Å². The summed E-state index contributed by atoms with van der Waals surface area (Å²) in [6, 6.07) is 12.1. The molecule has 122 valence electrons. The van der Waals surface area contributed by atoms with Gasteiger partial charge in [-0.1, -0.05) is 18.2 Å². The van der Waals surface area contributed by atoms with Crippen LogP contribution in [0.1, 0.15) is 16.7 Å². The lowest BCUT2D eigenvalue weighted by molar-refractivity contribution is -0.120. The Morgan fingerprint density at radius 1 is 1.13 bits per heavy atom. The zero-order valence-corrected chi connectivity index (χ0v) is 13.5. The zero-order chi connectivity index (χ0) is 16.8. The lowest BCUT2D eigenvalue weighted by Gasteiger charge is -2.12. The van der Waals surface area contributed by atoms with Crippen molar-refractivity contribution in [2.75, 3.05) is 19.8 Å². The highest BCUT2D eigenvalue weighted by atomic mass is 19.1. The molecule has 2 rings (SSSR count). The molecule has 0 atom stereocenters. The first-order valence-electron chi connectivity index (χ1n) is 7.47. The predicted molar refractivity (Wildman–Crippen MR) is 90.2 cm³/mol. The molecule has 0 bridgehead atoms. The van der Waals surface area contributed by atoms with Gasteiger partial charge in [-0.2, -0.15) is 0 Å². The SMILES string of the molecule is CN(C)Cc1cc(CNC(=O)Cc2ccc(N)cc2)ccc1F. The second-order valence-electron chi connectivity index (χ2n) is 5.86. The van der Waals surface area contributed by atoms with Crippen molar-refractivity contribution in [1.82, 2.24) is 10.2 Å². The van der Waals surface area contributed by atoms with Crippen LogP contribution in [0.25, 0.3) is 0 Å². The van der Waals surface area contributed by atoms with Crippen molar-refractivity contribution in [3.8, 4) is 0 Å². The van der Waals surface area contributed by atoms with E-state index in [1.165, 1.54) is 6.07 Å². The van der Waals surface area contributed by atoms with Crippen LogP contribution >= 0.6 is 0 Å². The molecule has 23 heavy (non-hydrogen) atoms. The summed E-state index contributed by atoms with van der Waals surface area (Å²) >= 11 is 0. The minimum absolute atomic E-state index is 0.0757. The second-order valence-corrected chi connectivity index (χ2v) is 5.86. The van der Waals surface area contributed by atoms with Gasteiger partial charge in [0.15, 0.2) is 0 Å². The minimum atomic E-state index is -0.226. The van der Waals surface area contributed by atoms with Crippen LogP contribution in [0, 0.1) is 5.82 Å². The van der Waals surface area contributed by atoms with Crippen molar-refractivity contribution in [3.05, 3.63) is 65.0 Å². The van der Waals surface area contributed by atoms with Crippen LogP contribution in [0.15, 0.2) is 42.5 Å². The number of nitrogens with one attached hydrogen (secondary N) is 1. The molecule has 0 saturated heterocycles. The molecule has 4 nitrogen and oxygen atoms in total. The van der Waals surface area contributed by atoms with Crippen molar-refractivity contribution in [3.63, 3.8) is 0 Å². The third-order valence-electron chi connectivity index (χ3n) is 3.43. The summed E-state index contributed by atoms with van der Waals surface area (Å²) < 4.78 is 13.7. The first-order chi connectivity index (χ1) is 10.9. The molecule has 0 fully saturated rings. The fourth-order valence-electron chi connectivity index (χ4n) is 2.28. The van der Waals surface area contributed by atoms with Crippen LogP contribution in [0.3, 0.4) is 0 Å². The Hall–Kier alpha value is -2.40. The third kappa shape index (κ3) is 5.38. The summed E-state index contributed by atoms with van der Waals surface area (Å²) in [6.45, 7) is 0.910. The highest BCUT2D eigenvalue weighted by Crippen LogP contribution is 2.12. The van der Waals surface area contributed by atoms with Crippen LogP contribution in [-0.2, 0) is 24.3 Å². The van der Waals surface area contributed by atoms with E-state index >= 15 is 0 Å². The number of rotatable bonds is 6. The molecule has 5 heteroatoms. The van der Waals surface area contributed by atoms with Crippen LogP contribution in [0.2, 0.25) is 0 Å². The fourth-order valence-corrected chi connectivity index (χ4v) is 2.28. The van der Waals surface area contributed by atoms with E-state index in [0.29, 0.717) is 30.8 Å². The van der Waals surface area contributed by atoms with Gasteiger partial charge in [0.1, 0.15) is 5.82 Å². The number of carbonyl (C=O) groups is 1. The van der Waals surface area contributed by atoms with Gasteiger partial charge in [-0.3, -0.25) is 4.79 Å². The number of hydrogen-bond donors (Lipinski definition) is 2. The Morgan fingerprint density at radius 3 is 2.43 bits per heavy atom. The maximum atomic E-state index is 13.7. The number of halogens is 1. The van der Waals surface area contributed by atoms with Gasteiger partial charge in [0.05, 0.1) is 6.42 Å². The molecule has 0 aliphatic heterocycles. The Labute approximate surface area is 136 Å². The van der Waals surface area contributed by atoms with E-state index in [9.17, 15) is 9.18 Å². The molecule has 0 spiro atoms. The van der Waals surface area contributed by atoms with E-state index in [0.717, 1.165) is 11.1 Å². The molecule has 0 radical (unpaired) electrons. The molecule has 0 saturated carbocycles. The Bertz CT molecular complexity index is 668. The number of nitrogens with two attached hydrogens (primary N) is 1. The van der Waals surface area contributed by atoms with E-state index in [-0.39, 0.29) is 11.7 Å². The van der Waals surface area contributed by atoms with Crippen LogP contribution in [0.4, 0.5) is 10.1 Å². The summed E-state index contributed by atoms with van der Waals surface area (Å²) in [7, 11) is 3.78. The standard InChI is InChI=1S/C18H22FN3O/c1-22(2)12-15-9-14(5-8-17(15)19)11-21-18(23)10-13-3-6-16(20)7-4-13/h3-9H,10-12,20H2,1-2H3,(H,21,23). The molecular formula is C18H22FN3O. The largest absolute Gasteiger partial charge is 0.399 e. The van der Waals surface area contributed by atoms with E-state index in [2.05, 4.69) is 5.32 Å². The minimum Gasteiger partial charge on any atom is -0.399 e. The van der Waals surface area contributed by atoms with Gasteiger partial charge in [-0.25, -0.2) is 4.39 Å². The smallest absolute Gasteiger partial charge is 0.224 e. The normalized spacial score (nSPS) is 10.8. The van der Waals surface area contributed by atoms with Crippen molar-refractivity contribution < 1.29 is 9.18 Å². The molecule has 3 N–H and O–H groups in total. The van der Waals surface area contributed by atoms with Gasteiger partial charge in [0, 0.05) is 24.3 Å². The van der Waals surface area contributed by atoms with Crippen molar-refractivity contribution in [1.29, 1.82) is 0 Å². The quantitative estimate of drug-likeness (QED) is 0.804. The maximum Gasteiger partial charge on any atom is 0.224 e. The third-order valence-corrected chi connectivity index (χ3v) is 3.43. The van der Waals surface area contributed by atoms with E-state index in [1.807, 2.05) is 31.1 Å². The summed E-state index contributed by atoms with van der Waals surface area (Å²) in [5.41, 5.74) is 8.71. The summed E-state index contributed by atoms with van der Waals surface area (Å²) in [5.74, 6) is -0.302. The van der Waals surface area contributed by atoms with E-state index in [1.54, 1.807) is 24.3 Å². The Morgan fingerprint density at radius 2 is 1.78 bits per heavy atom. The van der Waals surface area contributed by atoms with Gasteiger partial charge < -0.3 is 16.0 Å². The molecule has 0 aromatic heterocycles. The molecule has 0 aliphatic rings. The number of benzene rings is 2. The Kier molecular flexibility index (Phi) is 5.71. The van der Waals surface area contributed by atoms with Gasteiger partial charge in [-0.15, -0.1) is 0 Å². The van der Waals surface area contributed by atoms with Crippen LogP contribution in [-0.4, -0.2) is 24.9 Å². The van der Waals surface area contributed by atoms with Crippen molar-refractivity contribution in [2.45, 2.75) is 19.5 Å². The number of hydrogen-bond acceptors (Lipinski definition) is 3. The summed E-state index contributed by atoms with van der Waals surface area (Å²) in [5, 5.41) is 2.86. The first kappa shape index (κ1) is 17.0. The van der Waals surface area contributed by atoms with Gasteiger partial charge in [0.2, 0.25) is 5.91 Å². The number of anilines is 1. The van der Waals surface area contributed by atoms with Crippen molar-refractivity contribution in [2.24, 2.45) is 0 Å². The monoisotopic (exact) mass is 315 g/mol. The van der Waals surface area contributed by atoms with Gasteiger partial charge >= 0.3 is 0 Å². The van der Waals surface area contributed by atoms with Crippen LogP contribution < -0.4 is 11.1 Å². The first-order valence-corrected chi connectivity index (χ1v) is 7.47. The lowest BCUT2D eigenvalue weighted by atomic mass is 10.1. The lowest BCUT2D eigenvalue weighted by Crippen LogP contribution is -2.24. The number of nitrogen functional groups attached to an aromatic ring is 1. The zero-order valence-electron chi connectivity index (χ0n) is 13.5. The van der Waals surface area contributed by atoms with Gasteiger partial charge in [0.25, 0.3) is 0 Å². The Balaban J connectivity index is 1.92. The predicted octanol–water partition coefficient (Wildman–Crippen LogP) is 2.33. The topological polar surface area (TPSA) is 58.4 Å². The molecule has 2 aromatic carbocycles.